The Morgan fingerprint density at radius 3 is 2.33 bits per heavy atom. The minimum atomic E-state index is -3.51. The van der Waals surface area contributed by atoms with Gasteiger partial charge < -0.3 is 5.32 Å². The second kappa shape index (κ2) is 5.86. The number of carbonyl (C=O) groups is 1. The monoisotopic (exact) mass is 270 g/mol. The van der Waals surface area contributed by atoms with Crippen LogP contribution in [0.4, 0.5) is 5.69 Å². The Labute approximate surface area is 108 Å². The number of carbonyl (C=O) groups excluding carboxylic acids is 1. The van der Waals surface area contributed by atoms with Gasteiger partial charge in [-0.2, -0.15) is 0 Å². The minimum Gasteiger partial charge on any atom is -0.355 e. The summed E-state index contributed by atoms with van der Waals surface area (Å²) in [5.74, 6) is -0.313. The van der Waals surface area contributed by atoms with E-state index in [1.165, 1.54) is 0 Å². The average molecular weight is 270 g/mol. The van der Waals surface area contributed by atoms with E-state index < -0.39 is 16.1 Å². The molecule has 1 unspecified atom stereocenters. The third-order valence-corrected chi connectivity index (χ3v) is 3.69. The van der Waals surface area contributed by atoms with Gasteiger partial charge in [0, 0.05) is 6.54 Å². The number of anilines is 1. The summed E-state index contributed by atoms with van der Waals surface area (Å²) >= 11 is 0. The lowest BCUT2D eigenvalue weighted by Gasteiger charge is -2.28. The summed E-state index contributed by atoms with van der Waals surface area (Å²) in [5, 5.41) is 2.62. The van der Waals surface area contributed by atoms with Crippen molar-refractivity contribution in [3.05, 3.63) is 30.3 Å². The molecule has 0 heterocycles. The molecule has 0 aliphatic rings. The third kappa shape index (κ3) is 3.46. The van der Waals surface area contributed by atoms with E-state index in [2.05, 4.69) is 5.32 Å². The molecule has 1 N–H and O–H groups in total. The van der Waals surface area contributed by atoms with Gasteiger partial charge in [-0.3, -0.25) is 9.10 Å². The molecule has 5 nitrogen and oxygen atoms in total. The average Bonchev–Trinajstić information content (AvgIpc) is 2.29. The van der Waals surface area contributed by atoms with Gasteiger partial charge in [0.2, 0.25) is 15.9 Å². The molecular weight excluding hydrogens is 252 g/mol. The Bertz CT molecular complexity index is 499. The smallest absolute Gasteiger partial charge is 0.243 e. The highest BCUT2D eigenvalue weighted by atomic mass is 32.2. The molecule has 0 aliphatic carbocycles. The van der Waals surface area contributed by atoms with Gasteiger partial charge in [-0.25, -0.2) is 8.42 Å². The first-order chi connectivity index (χ1) is 8.38. The number of benzene rings is 1. The second-order valence-corrected chi connectivity index (χ2v) is 5.82. The van der Waals surface area contributed by atoms with Gasteiger partial charge >= 0.3 is 0 Å². The number of sulfonamides is 1. The van der Waals surface area contributed by atoms with Crippen molar-refractivity contribution in [3.8, 4) is 0 Å². The molecule has 0 fully saturated rings. The van der Waals surface area contributed by atoms with Gasteiger partial charge in [0.1, 0.15) is 6.04 Å². The molecule has 1 atom stereocenters. The van der Waals surface area contributed by atoms with E-state index in [1.807, 2.05) is 0 Å². The predicted octanol–water partition coefficient (Wildman–Crippen LogP) is 0.977. The number of nitrogens with zero attached hydrogens (tertiary/aromatic N) is 1. The Morgan fingerprint density at radius 2 is 1.89 bits per heavy atom. The Balaban J connectivity index is 3.12. The quantitative estimate of drug-likeness (QED) is 0.867. The molecule has 100 valence electrons. The van der Waals surface area contributed by atoms with E-state index in [4.69, 9.17) is 0 Å². The normalized spacial score (nSPS) is 12.8. The summed E-state index contributed by atoms with van der Waals surface area (Å²) in [6.07, 6.45) is 1.09. The Morgan fingerprint density at radius 1 is 1.33 bits per heavy atom. The minimum absolute atomic E-state index is 0.313. The molecule has 1 aromatic rings. The molecule has 1 amide bonds. The zero-order valence-electron chi connectivity index (χ0n) is 10.8. The summed E-state index contributed by atoms with van der Waals surface area (Å²) in [6, 6.07) is 7.81. The summed E-state index contributed by atoms with van der Waals surface area (Å²) < 4.78 is 24.8. The van der Waals surface area contributed by atoms with Crippen molar-refractivity contribution in [2.45, 2.75) is 19.9 Å². The van der Waals surface area contributed by atoms with Crippen LogP contribution >= 0.6 is 0 Å². The highest BCUT2D eigenvalue weighted by Crippen LogP contribution is 2.19. The molecule has 6 heteroatoms. The van der Waals surface area contributed by atoms with Crippen molar-refractivity contribution < 1.29 is 13.2 Å². The lowest BCUT2D eigenvalue weighted by atomic mass is 10.2. The topological polar surface area (TPSA) is 66.5 Å². The molecule has 0 aliphatic heterocycles. The van der Waals surface area contributed by atoms with Crippen LogP contribution < -0.4 is 9.62 Å². The molecule has 1 rings (SSSR count). The lowest BCUT2D eigenvalue weighted by Crippen LogP contribution is -2.47. The largest absolute Gasteiger partial charge is 0.355 e. The molecule has 0 bridgehead atoms. The second-order valence-electron chi connectivity index (χ2n) is 3.96. The third-order valence-electron chi connectivity index (χ3n) is 2.45. The first-order valence-electron chi connectivity index (χ1n) is 5.70. The van der Waals surface area contributed by atoms with Crippen LogP contribution in [0.3, 0.4) is 0 Å². The SMILES string of the molecule is CCNC(=O)C(C)N(c1ccccc1)S(C)(=O)=O. The molecule has 0 saturated heterocycles. The van der Waals surface area contributed by atoms with Crippen LogP contribution in [0, 0.1) is 0 Å². The number of rotatable bonds is 5. The van der Waals surface area contributed by atoms with E-state index in [0.29, 0.717) is 12.2 Å². The van der Waals surface area contributed by atoms with Crippen molar-refractivity contribution >= 4 is 21.6 Å². The van der Waals surface area contributed by atoms with Crippen LogP contribution in [0.15, 0.2) is 30.3 Å². The molecule has 0 spiro atoms. The highest BCUT2D eigenvalue weighted by molar-refractivity contribution is 7.92. The molecule has 0 saturated carbocycles. The zero-order chi connectivity index (χ0) is 13.8. The summed E-state index contributed by atoms with van der Waals surface area (Å²) in [5.41, 5.74) is 0.485. The van der Waals surface area contributed by atoms with E-state index >= 15 is 0 Å². The maximum Gasteiger partial charge on any atom is 0.243 e. The van der Waals surface area contributed by atoms with Crippen LogP contribution in [0.1, 0.15) is 13.8 Å². The maximum absolute atomic E-state index is 11.8. The fourth-order valence-electron chi connectivity index (χ4n) is 1.71. The first kappa shape index (κ1) is 14.5. The summed E-state index contributed by atoms with van der Waals surface area (Å²) in [6.45, 7) is 3.83. The molecule has 0 radical (unpaired) electrons. The molecular formula is C12H18N2O3S. The lowest BCUT2D eigenvalue weighted by molar-refractivity contribution is -0.121. The van der Waals surface area contributed by atoms with Gasteiger partial charge in [0.05, 0.1) is 11.9 Å². The number of nitrogens with one attached hydrogen (secondary N) is 1. The maximum atomic E-state index is 11.8. The zero-order valence-corrected chi connectivity index (χ0v) is 11.6. The van der Waals surface area contributed by atoms with E-state index in [0.717, 1.165) is 10.6 Å². The van der Waals surface area contributed by atoms with Crippen molar-refractivity contribution in [1.29, 1.82) is 0 Å². The number of likely N-dealkylation sites (N-methyl/N-ethyl adjacent to an activating group) is 1. The van der Waals surface area contributed by atoms with E-state index in [9.17, 15) is 13.2 Å². The Hall–Kier alpha value is -1.56. The Kier molecular flexibility index (Phi) is 4.72. The number of para-hydroxylation sites is 1. The summed E-state index contributed by atoms with van der Waals surface area (Å²) in [7, 11) is -3.51. The van der Waals surface area contributed by atoms with Crippen LogP contribution in [0.2, 0.25) is 0 Å². The van der Waals surface area contributed by atoms with E-state index in [1.54, 1.807) is 44.2 Å². The van der Waals surface area contributed by atoms with Crippen molar-refractivity contribution in [3.63, 3.8) is 0 Å². The van der Waals surface area contributed by atoms with Crippen molar-refractivity contribution in [1.82, 2.24) is 5.32 Å². The van der Waals surface area contributed by atoms with Crippen molar-refractivity contribution in [2.75, 3.05) is 17.1 Å². The van der Waals surface area contributed by atoms with E-state index in [-0.39, 0.29) is 5.91 Å². The number of hydrogen-bond donors (Lipinski definition) is 1. The number of amides is 1. The standard InChI is InChI=1S/C12H18N2O3S/c1-4-13-12(15)10(2)14(18(3,16)17)11-8-6-5-7-9-11/h5-10H,4H2,1-3H3,(H,13,15). The molecule has 1 aromatic carbocycles. The molecule has 0 aromatic heterocycles. The van der Waals surface area contributed by atoms with Crippen LogP contribution in [0.25, 0.3) is 0 Å². The van der Waals surface area contributed by atoms with Crippen LogP contribution in [0.5, 0.6) is 0 Å². The summed E-state index contributed by atoms with van der Waals surface area (Å²) in [4.78, 5) is 11.8. The van der Waals surface area contributed by atoms with Crippen molar-refractivity contribution in [2.24, 2.45) is 0 Å². The predicted molar refractivity (Wildman–Crippen MR) is 71.9 cm³/mol. The first-order valence-corrected chi connectivity index (χ1v) is 7.55. The number of hydrogen-bond acceptors (Lipinski definition) is 3. The van der Waals surface area contributed by atoms with Gasteiger partial charge in [-0.05, 0) is 26.0 Å². The fourth-order valence-corrected chi connectivity index (χ4v) is 2.88. The molecule has 18 heavy (non-hydrogen) atoms. The highest BCUT2D eigenvalue weighted by Gasteiger charge is 2.28. The van der Waals surface area contributed by atoms with Crippen LogP contribution in [-0.2, 0) is 14.8 Å². The van der Waals surface area contributed by atoms with Gasteiger partial charge in [-0.15, -0.1) is 0 Å². The fraction of sp³-hybridized carbons (Fsp3) is 0.417. The van der Waals surface area contributed by atoms with Crippen LogP contribution in [-0.4, -0.2) is 33.2 Å². The van der Waals surface area contributed by atoms with Gasteiger partial charge in [0.25, 0.3) is 0 Å². The van der Waals surface area contributed by atoms with Gasteiger partial charge in [-0.1, -0.05) is 18.2 Å². The van der Waals surface area contributed by atoms with Gasteiger partial charge in [0.15, 0.2) is 0 Å².